The molecule has 6 rings (SSSR count). The Labute approximate surface area is 205 Å². The van der Waals surface area contributed by atoms with Crippen LogP contribution in [0.1, 0.15) is 86.0 Å². The maximum absolute atomic E-state index is 13.7. The maximum atomic E-state index is 13.7. The molecule has 3 aliphatic rings. The van der Waals surface area contributed by atoms with E-state index in [-0.39, 0.29) is 11.9 Å². The minimum absolute atomic E-state index is 0.0513. The molecule has 2 N–H and O–H groups in total. The van der Waals surface area contributed by atoms with E-state index in [1.54, 1.807) is 4.90 Å². The van der Waals surface area contributed by atoms with Gasteiger partial charge in [0.05, 0.1) is 17.8 Å². The number of fused-ring (bicyclic) bond motifs is 2. The van der Waals surface area contributed by atoms with Gasteiger partial charge in [-0.2, -0.15) is 0 Å². The second-order valence-corrected chi connectivity index (χ2v) is 10.1. The molecular weight excluding hydrogens is 440 g/mol. The number of anilines is 2. The number of carbonyl (C=O) groups excluding carboxylic acids is 1. The van der Waals surface area contributed by atoms with Crippen molar-refractivity contribution in [3.05, 3.63) is 46.9 Å². The lowest BCUT2D eigenvalue weighted by Crippen LogP contribution is -2.28. The number of rotatable bonds is 5. The predicted octanol–water partition coefficient (Wildman–Crippen LogP) is 3.80. The molecule has 0 bridgehead atoms. The highest BCUT2D eigenvalue weighted by molar-refractivity contribution is 6.10. The normalized spacial score (nSPS) is 22.1. The van der Waals surface area contributed by atoms with Crippen molar-refractivity contribution in [3.8, 4) is 11.5 Å². The van der Waals surface area contributed by atoms with Crippen molar-refractivity contribution in [2.24, 2.45) is 5.73 Å². The smallest absolute Gasteiger partial charge is 0.260 e. The van der Waals surface area contributed by atoms with E-state index in [0.29, 0.717) is 30.0 Å². The topological polar surface area (TPSA) is 106 Å². The highest BCUT2D eigenvalue weighted by Gasteiger charge is 2.36. The zero-order valence-electron chi connectivity index (χ0n) is 20.6. The molecule has 0 aromatic carbocycles. The summed E-state index contributed by atoms with van der Waals surface area (Å²) in [4.78, 5) is 27.6. The highest BCUT2D eigenvalue weighted by atomic mass is 16.2. The van der Waals surface area contributed by atoms with Crippen LogP contribution < -0.4 is 15.5 Å². The van der Waals surface area contributed by atoms with Gasteiger partial charge in [0.25, 0.3) is 5.91 Å². The molecule has 1 fully saturated rings. The summed E-state index contributed by atoms with van der Waals surface area (Å²) >= 11 is 0. The highest BCUT2D eigenvalue weighted by Crippen LogP contribution is 2.36. The van der Waals surface area contributed by atoms with Gasteiger partial charge in [-0.15, -0.1) is 10.2 Å². The molecule has 1 saturated heterocycles. The summed E-state index contributed by atoms with van der Waals surface area (Å²) in [6, 6.07) is 8.25. The summed E-state index contributed by atoms with van der Waals surface area (Å²) in [5, 5.41) is 8.77. The Morgan fingerprint density at radius 3 is 2.74 bits per heavy atom. The number of pyridine rings is 2. The number of nitrogens with two attached hydrogens (primary N) is 1. The van der Waals surface area contributed by atoms with E-state index in [1.165, 1.54) is 0 Å². The van der Waals surface area contributed by atoms with Crippen LogP contribution in [0, 0.1) is 0 Å². The van der Waals surface area contributed by atoms with Crippen LogP contribution in [0.5, 0.6) is 0 Å². The van der Waals surface area contributed by atoms with Gasteiger partial charge < -0.3 is 15.2 Å². The van der Waals surface area contributed by atoms with E-state index in [2.05, 4.69) is 40.4 Å². The fourth-order valence-electron chi connectivity index (χ4n) is 5.71. The molecule has 0 radical (unpaired) electrons. The van der Waals surface area contributed by atoms with E-state index < -0.39 is 0 Å². The third-order valence-electron chi connectivity index (χ3n) is 7.81. The van der Waals surface area contributed by atoms with E-state index >= 15 is 0 Å². The van der Waals surface area contributed by atoms with Gasteiger partial charge in [0.15, 0.2) is 5.82 Å². The number of nitrogens with zero attached hydrogens (tertiary/aromatic N) is 7. The third-order valence-corrected chi connectivity index (χ3v) is 7.81. The zero-order valence-corrected chi connectivity index (χ0v) is 20.6. The molecule has 182 valence electrons. The lowest BCUT2D eigenvalue weighted by molar-refractivity contribution is 0.0996. The van der Waals surface area contributed by atoms with Gasteiger partial charge in [0, 0.05) is 36.7 Å². The van der Waals surface area contributed by atoms with Gasteiger partial charge in [0.1, 0.15) is 23.2 Å². The molecule has 35 heavy (non-hydrogen) atoms. The van der Waals surface area contributed by atoms with Crippen LogP contribution in [0.15, 0.2) is 24.3 Å². The quantitative estimate of drug-likeness (QED) is 0.602. The first kappa shape index (κ1) is 22.2. The van der Waals surface area contributed by atoms with Crippen LogP contribution in [0.4, 0.5) is 11.6 Å². The van der Waals surface area contributed by atoms with Gasteiger partial charge >= 0.3 is 0 Å². The van der Waals surface area contributed by atoms with Crippen molar-refractivity contribution in [1.29, 1.82) is 0 Å². The lowest BCUT2D eigenvalue weighted by Gasteiger charge is -2.25. The predicted molar refractivity (Wildman–Crippen MR) is 134 cm³/mol. The molecule has 6 heterocycles. The number of carbonyl (C=O) groups is 1. The molecule has 9 heteroatoms. The minimum atomic E-state index is -0.214. The van der Waals surface area contributed by atoms with E-state index in [9.17, 15) is 4.79 Å². The van der Waals surface area contributed by atoms with Crippen molar-refractivity contribution in [1.82, 2.24) is 24.7 Å². The Bertz CT molecular complexity index is 1300. The number of aryl methyl sites for hydroxylation is 1. The second kappa shape index (κ2) is 8.41. The fraction of sp³-hybridized carbons (Fsp3) is 0.500. The summed E-state index contributed by atoms with van der Waals surface area (Å²) in [5.41, 5.74) is 9.68. The Kier molecular flexibility index (Phi) is 5.32. The molecule has 3 aromatic heterocycles. The van der Waals surface area contributed by atoms with Crippen LogP contribution in [0.2, 0.25) is 0 Å². The van der Waals surface area contributed by atoms with Crippen LogP contribution >= 0.6 is 0 Å². The van der Waals surface area contributed by atoms with Gasteiger partial charge in [-0.05, 0) is 57.7 Å². The van der Waals surface area contributed by atoms with Gasteiger partial charge in [-0.3, -0.25) is 9.69 Å². The number of aromatic nitrogens is 5. The summed E-state index contributed by atoms with van der Waals surface area (Å²) in [6.07, 6.45) is 5.02. The van der Waals surface area contributed by atoms with Crippen LogP contribution in [0.25, 0.3) is 11.5 Å². The first-order chi connectivity index (χ1) is 17.0. The first-order valence-corrected chi connectivity index (χ1v) is 12.7. The summed E-state index contributed by atoms with van der Waals surface area (Å²) in [5.74, 6) is 3.18. The number of amides is 1. The third kappa shape index (κ3) is 3.52. The minimum Gasteiger partial charge on any atom is -0.354 e. The fourth-order valence-corrected chi connectivity index (χ4v) is 5.71. The molecule has 0 unspecified atom stereocenters. The molecule has 3 aliphatic heterocycles. The van der Waals surface area contributed by atoms with Gasteiger partial charge in [0.2, 0.25) is 0 Å². The SMILES string of the molecule is CC[C@H](N)c1nc(N2CCC[C@H]2C)cc2c1CN(c1cccc(-c3nnc4n3[C@H](C)CC4)n1)C2=O. The Balaban J connectivity index is 1.38. The zero-order chi connectivity index (χ0) is 24.3. The Morgan fingerprint density at radius 2 is 1.97 bits per heavy atom. The van der Waals surface area contributed by atoms with Crippen LogP contribution in [-0.2, 0) is 13.0 Å². The van der Waals surface area contributed by atoms with Crippen molar-refractivity contribution in [2.75, 3.05) is 16.3 Å². The Hall–Kier alpha value is -3.33. The molecule has 9 nitrogen and oxygen atoms in total. The first-order valence-electron chi connectivity index (χ1n) is 12.7. The molecule has 0 saturated carbocycles. The summed E-state index contributed by atoms with van der Waals surface area (Å²) in [7, 11) is 0. The average molecular weight is 473 g/mol. The molecule has 1 amide bonds. The van der Waals surface area contributed by atoms with Crippen molar-refractivity contribution < 1.29 is 4.79 Å². The standard InChI is InChI=1S/C26H32N8O/c1-4-19(27)24-18-14-33(26(35)17(18)13-23(29-24)32-12-6-7-15(32)2)21-9-5-8-20(28-21)25-31-30-22-11-10-16(3)34(22)25/h5,8-9,13,15-16,19H,4,6-7,10-12,14,27H2,1-3H3/t15-,16-,19+/m1/s1. The maximum Gasteiger partial charge on any atom is 0.260 e. The van der Waals surface area contributed by atoms with Crippen LogP contribution in [-0.4, -0.2) is 43.2 Å². The van der Waals surface area contributed by atoms with Crippen LogP contribution in [0.3, 0.4) is 0 Å². The number of hydrogen-bond acceptors (Lipinski definition) is 7. The molecule has 3 aromatic rings. The number of hydrogen-bond donors (Lipinski definition) is 1. The second-order valence-electron chi connectivity index (χ2n) is 10.1. The monoisotopic (exact) mass is 472 g/mol. The largest absolute Gasteiger partial charge is 0.354 e. The molecule has 0 aliphatic carbocycles. The average Bonchev–Trinajstić information content (AvgIpc) is 3.64. The molecule has 0 spiro atoms. The summed E-state index contributed by atoms with van der Waals surface area (Å²) < 4.78 is 2.17. The summed E-state index contributed by atoms with van der Waals surface area (Å²) in [6.45, 7) is 7.83. The molecule has 3 atom stereocenters. The lowest BCUT2D eigenvalue weighted by atomic mass is 10.0. The van der Waals surface area contributed by atoms with Crippen molar-refractivity contribution in [2.45, 2.75) is 77.5 Å². The van der Waals surface area contributed by atoms with E-state index in [4.69, 9.17) is 15.7 Å². The van der Waals surface area contributed by atoms with Crippen molar-refractivity contribution >= 4 is 17.5 Å². The molecular formula is C26H32N8O. The van der Waals surface area contributed by atoms with E-state index in [1.807, 2.05) is 24.3 Å². The Morgan fingerprint density at radius 1 is 1.11 bits per heavy atom. The van der Waals surface area contributed by atoms with E-state index in [0.717, 1.165) is 73.1 Å². The van der Waals surface area contributed by atoms with Crippen molar-refractivity contribution in [3.63, 3.8) is 0 Å². The van der Waals surface area contributed by atoms with Gasteiger partial charge in [-0.25, -0.2) is 9.97 Å². The van der Waals surface area contributed by atoms with Gasteiger partial charge in [-0.1, -0.05) is 13.0 Å².